The normalized spacial score (nSPS) is 12.3. The third kappa shape index (κ3) is 4.42. The predicted octanol–water partition coefficient (Wildman–Crippen LogP) is 2.97. The van der Waals surface area contributed by atoms with Gasteiger partial charge in [-0.15, -0.1) is 0 Å². The third-order valence-electron chi connectivity index (χ3n) is 1.50. The Balaban J connectivity index is 3.48. The Morgan fingerprint density at radius 3 is 2.50 bits per heavy atom. The number of ether oxygens (including phenoxy) is 1. The first-order valence-corrected chi connectivity index (χ1v) is 3.96. The average molecular weight is 142 g/mol. The van der Waals surface area contributed by atoms with Crippen molar-refractivity contribution in [2.45, 2.75) is 34.1 Å². The van der Waals surface area contributed by atoms with Crippen LogP contribution in [0.25, 0.3) is 0 Å². The van der Waals surface area contributed by atoms with E-state index in [1.807, 2.05) is 6.26 Å². The molecule has 0 fully saturated rings. The Hall–Kier alpha value is -0.460. The molecule has 0 unspecified atom stereocenters. The van der Waals surface area contributed by atoms with Gasteiger partial charge in [0, 0.05) is 0 Å². The highest BCUT2D eigenvalue weighted by Crippen LogP contribution is 2.07. The summed E-state index contributed by atoms with van der Waals surface area (Å²) in [6, 6.07) is 0. The second kappa shape index (κ2) is 5.33. The third-order valence-corrected chi connectivity index (χ3v) is 1.50. The Bertz CT molecular complexity index is 103. The standard InChI is InChI=1S/C9H18O/c1-5-6-10-7-9(4)8(2)3/h7-8H,5-6H2,1-4H3/b9-7-. The summed E-state index contributed by atoms with van der Waals surface area (Å²) >= 11 is 0. The second-order valence-corrected chi connectivity index (χ2v) is 2.89. The molecule has 0 aliphatic carbocycles. The topological polar surface area (TPSA) is 9.23 Å². The van der Waals surface area contributed by atoms with Gasteiger partial charge in [-0.25, -0.2) is 0 Å². The zero-order valence-electron chi connectivity index (χ0n) is 7.48. The van der Waals surface area contributed by atoms with Crippen molar-refractivity contribution in [2.24, 2.45) is 5.92 Å². The SMILES string of the molecule is CCCO/C=C(/C)C(C)C. The van der Waals surface area contributed by atoms with E-state index in [4.69, 9.17) is 4.74 Å². The van der Waals surface area contributed by atoms with Gasteiger partial charge in [-0.05, 0) is 24.8 Å². The summed E-state index contributed by atoms with van der Waals surface area (Å²) in [6.45, 7) is 9.38. The van der Waals surface area contributed by atoms with E-state index in [0.717, 1.165) is 13.0 Å². The minimum Gasteiger partial charge on any atom is -0.501 e. The highest BCUT2D eigenvalue weighted by atomic mass is 16.5. The molecule has 0 aromatic rings. The van der Waals surface area contributed by atoms with Gasteiger partial charge in [0.25, 0.3) is 0 Å². The lowest BCUT2D eigenvalue weighted by molar-refractivity contribution is 0.244. The second-order valence-electron chi connectivity index (χ2n) is 2.89. The van der Waals surface area contributed by atoms with Crippen LogP contribution in [0.2, 0.25) is 0 Å². The molecule has 0 bridgehead atoms. The molecule has 0 spiro atoms. The van der Waals surface area contributed by atoms with Gasteiger partial charge >= 0.3 is 0 Å². The van der Waals surface area contributed by atoms with E-state index in [2.05, 4.69) is 27.7 Å². The molecule has 0 aliphatic heterocycles. The maximum atomic E-state index is 5.24. The molecule has 1 heteroatoms. The molecule has 0 saturated carbocycles. The Morgan fingerprint density at radius 1 is 1.50 bits per heavy atom. The Morgan fingerprint density at radius 2 is 2.10 bits per heavy atom. The largest absolute Gasteiger partial charge is 0.501 e. The van der Waals surface area contributed by atoms with Gasteiger partial charge in [0.05, 0.1) is 12.9 Å². The summed E-state index contributed by atoms with van der Waals surface area (Å²) in [7, 11) is 0. The van der Waals surface area contributed by atoms with Crippen LogP contribution in [0.4, 0.5) is 0 Å². The van der Waals surface area contributed by atoms with Crippen molar-refractivity contribution in [3.63, 3.8) is 0 Å². The smallest absolute Gasteiger partial charge is 0.0870 e. The van der Waals surface area contributed by atoms with Crippen LogP contribution in [-0.4, -0.2) is 6.61 Å². The molecule has 10 heavy (non-hydrogen) atoms. The molecule has 0 atom stereocenters. The molecule has 0 amide bonds. The Labute approximate surface area is 64.1 Å². The van der Waals surface area contributed by atoms with Crippen LogP contribution in [0.1, 0.15) is 34.1 Å². The molecular weight excluding hydrogens is 124 g/mol. The maximum Gasteiger partial charge on any atom is 0.0870 e. The van der Waals surface area contributed by atoms with Crippen LogP contribution in [-0.2, 0) is 4.74 Å². The predicted molar refractivity (Wildman–Crippen MR) is 44.8 cm³/mol. The van der Waals surface area contributed by atoms with Crippen molar-refractivity contribution in [3.8, 4) is 0 Å². The molecule has 0 aromatic carbocycles. The Kier molecular flexibility index (Phi) is 5.09. The first-order valence-electron chi connectivity index (χ1n) is 3.96. The lowest BCUT2D eigenvalue weighted by atomic mass is 10.1. The summed E-state index contributed by atoms with van der Waals surface area (Å²) in [6.07, 6.45) is 2.95. The van der Waals surface area contributed by atoms with Crippen LogP contribution in [0.3, 0.4) is 0 Å². The first kappa shape index (κ1) is 9.54. The van der Waals surface area contributed by atoms with E-state index in [9.17, 15) is 0 Å². The van der Waals surface area contributed by atoms with Gasteiger partial charge in [-0.2, -0.15) is 0 Å². The first-order chi connectivity index (χ1) is 4.68. The highest BCUT2D eigenvalue weighted by Gasteiger charge is 1.94. The van der Waals surface area contributed by atoms with E-state index in [-0.39, 0.29) is 0 Å². The van der Waals surface area contributed by atoms with E-state index in [1.165, 1.54) is 5.57 Å². The van der Waals surface area contributed by atoms with E-state index in [1.54, 1.807) is 0 Å². The van der Waals surface area contributed by atoms with Crippen molar-refractivity contribution in [1.82, 2.24) is 0 Å². The molecule has 0 aromatic heterocycles. The minimum absolute atomic E-state index is 0.608. The lowest BCUT2D eigenvalue weighted by Crippen LogP contribution is -1.91. The van der Waals surface area contributed by atoms with Gasteiger partial charge in [-0.1, -0.05) is 20.8 Å². The molecule has 0 saturated heterocycles. The van der Waals surface area contributed by atoms with Crippen molar-refractivity contribution < 1.29 is 4.74 Å². The fourth-order valence-electron chi connectivity index (χ4n) is 0.444. The highest BCUT2D eigenvalue weighted by molar-refractivity contribution is 4.95. The summed E-state index contributed by atoms with van der Waals surface area (Å²) < 4.78 is 5.24. The molecule has 60 valence electrons. The number of rotatable bonds is 4. The summed E-state index contributed by atoms with van der Waals surface area (Å²) in [5.41, 5.74) is 1.31. The van der Waals surface area contributed by atoms with E-state index < -0.39 is 0 Å². The molecule has 0 heterocycles. The lowest BCUT2D eigenvalue weighted by Gasteiger charge is -2.04. The van der Waals surface area contributed by atoms with Crippen LogP contribution in [0.15, 0.2) is 11.8 Å². The average Bonchev–Trinajstić information content (AvgIpc) is 1.88. The molecule has 0 N–H and O–H groups in total. The summed E-state index contributed by atoms with van der Waals surface area (Å²) in [5, 5.41) is 0. The van der Waals surface area contributed by atoms with Gasteiger partial charge < -0.3 is 4.74 Å². The van der Waals surface area contributed by atoms with Crippen molar-refractivity contribution in [3.05, 3.63) is 11.8 Å². The van der Waals surface area contributed by atoms with Crippen LogP contribution in [0, 0.1) is 5.92 Å². The molecule has 0 rings (SSSR count). The fraction of sp³-hybridized carbons (Fsp3) is 0.778. The summed E-state index contributed by atoms with van der Waals surface area (Å²) in [4.78, 5) is 0. The molecular formula is C9H18O. The van der Waals surface area contributed by atoms with Gasteiger partial charge in [0.15, 0.2) is 0 Å². The quantitative estimate of drug-likeness (QED) is 0.433. The van der Waals surface area contributed by atoms with Gasteiger partial charge in [0.2, 0.25) is 0 Å². The number of hydrogen-bond acceptors (Lipinski definition) is 1. The molecule has 0 radical (unpaired) electrons. The monoisotopic (exact) mass is 142 g/mol. The van der Waals surface area contributed by atoms with Crippen LogP contribution in [0.5, 0.6) is 0 Å². The van der Waals surface area contributed by atoms with Crippen molar-refractivity contribution in [2.75, 3.05) is 6.61 Å². The van der Waals surface area contributed by atoms with E-state index >= 15 is 0 Å². The van der Waals surface area contributed by atoms with Gasteiger partial charge in [-0.3, -0.25) is 0 Å². The zero-order valence-corrected chi connectivity index (χ0v) is 7.48. The van der Waals surface area contributed by atoms with E-state index in [0.29, 0.717) is 5.92 Å². The maximum absolute atomic E-state index is 5.24. The van der Waals surface area contributed by atoms with Crippen molar-refractivity contribution >= 4 is 0 Å². The molecule has 0 aliphatic rings. The van der Waals surface area contributed by atoms with Crippen LogP contribution < -0.4 is 0 Å². The minimum atomic E-state index is 0.608. The van der Waals surface area contributed by atoms with Crippen LogP contribution >= 0.6 is 0 Å². The zero-order chi connectivity index (χ0) is 7.98. The van der Waals surface area contributed by atoms with Gasteiger partial charge in [0.1, 0.15) is 0 Å². The number of hydrogen-bond donors (Lipinski definition) is 0. The number of allylic oxidation sites excluding steroid dienone is 1. The van der Waals surface area contributed by atoms with Crippen molar-refractivity contribution in [1.29, 1.82) is 0 Å². The summed E-state index contributed by atoms with van der Waals surface area (Å²) in [5.74, 6) is 0.608. The molecule has 1 nitrogen and oxygen atoms in total. The fourth-order valence-corrected chi connectivity index (χ4v) is 0.444.